The molecular formula is C30H22N4O2. The molecule has 0 spiro atoms. The van der Waals surface area contributed by atoms with Crippen LogP contribution in [0.3, 0.4) is 0 Å². The molecule has 2 aromatic heterocycles. The van der Waals surface area contributed by atoms with E-state index in [4.69, 9.17) is 0 Å². The molecule has 5 rings (SSSR count). The molecular weight excluding hydrogens is 448 g/mol. The molecule has 6 nitrogen and oxygen atoms in total. The zero-order chi connectivity index (χ0) is 24.7. The molecule has 0 atom stereocenters. The Morgan fingerprint density at radius 3 is 1.72 bits per heavy atom. The van der Waals surface area contributed by atoms with Gasteiger partial charge in [0.1, 0.15) is 0 Å². The van der Waals surface area contributed by atoms with Crippen molar-refractivity contribution < 1.29 is 9.59 Å². The van der Waals surface area contributed by atoms with Crippen molar-refractivity contribution in [1.29, 1.82) is 0 Å². The van der Waals surface area contributed by atoms with E-state index in [1.165, 1.54) is 0 Å². The van der Waals surface area contributed by atoms with Crippen molar-refractivity contribution in [2.75, 3.05) is 10.6 Å². The van der Waals surface area contributed by atoms with Crippen LogP contribution in [-0.4, -0.2) is 21.8 Å². The van der Waals surface area contributed by atoms with Gasteiger partial charge in [0, 0.05) is 52.1 Å². The van der Waals surface area contributed by atoms with E-state index in [9.17, 15) is 9.59 Å². The van der Waals surface area contributed by atoms with Crippen molar-refractivity contribution in [3.05, 3.63) is 133 Å². The van der Waals surface area contributed by atoms with Crippen LogP contribution >= 0.6 is 0 Å². The van der Waals surface area contributed by atoms with Gasteiger partial charge in [-0.15, -0.1) is 0 Å². The number of nitrogens with zero attached hydrogens (tertiary/aromatic N) is 2. The number of para-hydroxylation sites is 2. The maximum absolute atomic E-state index is 12.9. The van der Waals surface area contributed by atoms with Gasteiger partial charge in [-0.2, -0.15) is 0 Å². The normalized spacial score (nSPS) is 10.4. The Bertz CT molecular complexity index is 1390. The Balaban J connectivity index is 1.31. The van der Waals surface area contributed by atoms with E-state index in [0.29, 0.717) is 22.5 Å². The molecule has 2 heterocycles. The molecule has 0 bridgehead atoms. The van der Waals surface area contributed by atoms with Gasteiger partial charge in [-0.1, -0.05) is 48.5 Å². The molecule has 0 radical (unpaired) electrons. The van der Waals surface area contributed by atoms with E-state index in [0.717, 1.165) is 22.4 Å². The number of amides is 2. The third-order valence-electron chi connectivity index (χ3n) is 5.67. The summed E-state index contributed by atoms with van der Waals surface area (Å²) in [5, 5.41) is 5.92. The fourth-order valence-electron chi connectivity index (χ4n) is 3.87. The Labute approximate surface area is 208 Å². The fourth-order valence-corrected chi connectivity index (χ4v) is 3.87. The van der Waals surface area contributed by atoms with Crippen molar-refractivity contribution in [3.63, 3.8) is 0 Å². The molecule has 0 unspecified atom stereocenters. The minimum atomic E-state index is -0.271. The lowest BCUT2D eigenvalue weighted by molar-refractivity contribution is 0.101. The standard InChI is InChI=1S/C30H22N4O2/c35-29(33-27-12-3-1-9-24(27)23-8-7-18-31-20-23)21-14-16-22(17-15-21)30(36)34-28-13-4-2-10-25(28)26-11-5-6-19-32-26/h1-20H,(H,33,35)(H,34,36). The number of benzene rings is 3. The first kappa shape index (κ1) is 22.7. The number of pyridine rings is 2. The first-order valence-electron chi connectivity index (χ1n) is 11.4. The number of aromatic nitrogens is 2. The summed E-state index contributed by atoms with van der Waals surface area (Å²) in [7, 11) is 0. The van der Waals surface area contributed by atoms with Crippen molar-refractivity contribution in [3.8, 4) is 22.4 Å². The maximum atomic E-state index is 12.9. The number of hydrogen-bond donors (Lipinski definition) is 2. The lowest BCUT2D eigenvalue weighted by Gasteiger charge is -2.12. The van der Waals surface area contributed by atoms with E-state index in [2.05, 4.69) is 20.6 Å². The highest BCUT2D eigenvalue weighted by Gasteiger charge is 2.14. The van der Waals surface area contributed by atoms with Gasteiger partial charge >= 0.3 is 0 Å². The molecule has 0 aliphatic carbocycles. The number of carbonyl (C=O) groups excluding carboxylic acids is 2. The summed E-state index contributed by atoms with van der Waals surface area (Å²) in [6.45, 7) is 0. The van der Waals surface area contributed by atoms with Crippen LogP contribution in [-0.2, 0) is 0 Å². The molecule has 36 heavy (non-hydrogen) atoms. The highest BCUT2D eigenvalue weighted by Crippen LogP contribution is 2.28. The van der Waals surface area contributed by atoms with Crippen LogP contribution in [0.2, 0.25) is 0 Å². The monoisotopic (exact) mass is 470 g/mol. The zero-order valence-electron chi connectivity index (χ0n) is 19.3. The van der Waals surface area contributed by atoms with Gasteiger partial charge in [0.25, 0.3) is 11.8 Å². The fraction of sp³-hybridized carbons (Fsp3) is 0. The van der Waals surface area contributed by atoms with E-state index >= 15 is 0 Å². The van der Waals surface area contributed by atoms with Gasteiger partial charge in [-0.3, -0.25) is 19.6 Å². The van der Waals surface area contributed by atoms with Crippen LogP contribution in [0.15, 0.2) is 122 Å². The van der Waals surface area contributed by atoms with Crippen molar-refractivity contribution >= 4 is 23.2 Å². The molecule has 0 aliphatic heterocycles. The molecule has 0 aliphatic rings. The molecule has 3 aromatic carbocycles. The van der Waals surface area contributed by atoms with E-state index < -0.39 is 0 Å². The second kappa shape index (κ2) is 10.4. The molecule has 6 heteroatoms. The van der Waals surface area contributed by atoms with Crippen molar-refractivity contribution in [1.82, 2.24) is 9.97 Å². The second-order valence-corrected chi connectivity index (χ2v) is 8.03. The Morgan fingerprint density at radius 1 is 0.556 bits per heavy atom. The molecule has 2 amide bonds. The minimum Gasteiger partial charge on any atom is -0.321 e. The average Bonchev–Trinajstić information content (AvgIpc) is 2.94. The second-order valence-electron chi connectivity index (χ2n) is 8.03. The topological polar surface area (TPSA) is 84.0 Å². The summed E-state index contributed by atoms with van der Waals surface area (Å²) in [6, 6.07) is 31.1. The third kappa shape index (κ3) is 5.03. The molecule has 0 saturated heterocycles. The largest absolute Gasteiger partial charge is 0.321 e. The number of anilines is 2. The summed E-state index contributed by atoms with van der Waals surface area (Å²) in [5.41, 5.74) is 5.62. The zero-order valence-corrected chi connectivity index (χ0v) is 19.3. The van der Waals surface area contributed by atoms with Gasteiger partial charge in [-0.25, -0.2) is 0 Å². The Hall–Kier alpha value is -5.10. The minimum absolute atomic E-state index is 0.265. The van der Waals surface area contributed by atoms with Gasteiger partial charge in [0.15, 0.2) is 0 Å². The van der Waals surface area contributed by atoms with E-state index in [1.54, 1.807) is 42.9 Å². The van der Waals surface area contributed by atoms with Gasteiger partial charge in [-0.05, 0) is 54.6 Å². The highest BCUT2D eigenvalue weighted by molar-refractivity contribution is 6.09. The smallest absolute Gasteiger partial charge is 0.255 e. The predicted molar refractivity (Wildman–Crippen MR) is 142 cm³/mol. The summed E-state index contributed by atoms with van der Waals surface area (Å²) >= 11 is 0. The lowest BCUT2D eigenvalue weighted by Crippen LogP contribution is -2.15. The SMILES string of the molecule is O=C(Nc1ccccc1-c1cccnc1)c1ccc(C(=O)Nc2ccccc2-c2ccccn2)cc1. The molecule has 0 saturated carbocycles. The van der Waals surface area contributed by atoms with Crippen molar-refractivity contribution in [2.24, 2.45) is 0 Å². The molecule has 0 fully saturated rings. The van der Waals surface area contributed by atoms with Crippen LogP contribution in [0, 0.1) is 0 Å². The number of carbonyl (C=O) groups is 2. The molecule has 174 valence electrons. The van der Waals surface area contributed by atoms with E-state index in [-0.39, 0.29) is 11.8 Å². The summed E-state index contributed by atoms with van der Waals surface area (Å²) in [4.78, 5) is 34.4. The predicted octanol–water partition coefficient (Wildman–Crippen LogP) is 6.32. The average molecular weight is 471 g/mol. The Morgan fingerprint density at radius 2 is 1.14 bits per heavy atom. The summed E-state index contributed by atoms with van der Waals surface area (Å²) in [6.07, 6.45) is 5.18. The third-order valence-corrected chi connectivity index (χ3v) is 5.67. The molecule has 2 N–H and O–H groups in total. The number of nitrogens with one attached hydrogen (secondary N) is 2. The lowest BCUT2D eigenvalue weighted by atomic mass is 10.0. The van der Waals surface area contributed by atoms with Crippen LogP contribution in [0.1, 0.15) is 20.7 Å². The quantitative estimate of drug-likeness (QED) is 0.304. The van der Waals surface area contributed by atoms with Crippen LogP contribution in [0.5, 0.6) is 0 Å². The van der Waals surface area contributed by atoms with Crippen LogP contribution < -0.4 is 10.6 Å². The van der Waals surface area contributed by atoms with Gasteiger partial charge < -0.3 is 10.6 Å². The van der Waals surface area contributed by atoms with E-state index in [1.807, 2.05) is 78.9 Å². The van der Waals surface area contributed by atoms with Gasteiger partial charge in [0.05, 0.1) is 11.4 Å². The summed E-state index contributed by atoms with van der Waals surface area (Å²) in [5.74, 6) is -0.536. The summed E-state index contributed by atoms with van der Waals surface area (Å²) < 4.78 is 0. The first-order valence-corrected chi connectivity index (χ1v) is 11.4. The van der Waals surface area contributed by atoms with Crippen LogP contribution in [0.4, 0.5) is 11.4 Å². The molecule has 5 aromatic rings. The number of rotatable bonds is 6. The number of hydrogen-bond acceptors (Lipinski definition) is 4. The van der Waals surface area contributed by atoms with Gasteiger partial charge in [0.2, 0.25) is 0 Å². The first-order chi connectivity index (χ1) is 17.7. The van der Waals surface area contributed by atoms with Crippen molar-refractivity contribution in [2.45, 2.75) is 0 Å². The Kier molecular flexibility index (Phi) is 6.58. The van der Waals surface area contributed by atoms with Crippen LogP contribution in [0.25, 0.3) is 22.4 Å². The maximum Gasteiger partial charge on any atom is 0.255 e. The highest BCUT2D eigenvalue weighted by atomic mass is 16.2.